The fourth-order valence-electron chi connectivity index (χ4n) is 5.42. The van der Waals surface area contributed by atoms with E-state index < -0.39 is 62.5 Å². The number of ketones is 1. The number of nitro groups is 2. The number of esters is 1. The molecule has 1 saturated heterocycles. The summed E-state index contributed by atoms with van der Waals surface area (Å²) in [5, 5.41) is 37.8. The highest BCUT2D eigenvalue weighted by Gasteiger charge is 2.54. The number of aromatic amines is 1. The average molecular weight is 623 g/mol. The van der Waals surface area contributed by atoms with Crippen molar-refractivity contribution in [2.24, 2.45) is 5.92 Å². The van der Waals surface area contributed by atoms with Gasteiger partial charge in [-0.05, 0) is 30.9 Å². The van der Waals surface area contributed by atoms with Crippen LogP contribution in [0.15, 0.2) is 61.1 Å². The Morgan fingerprint density at radius 1 is 1.16 bits per heavy atom. The maximum atomic E-state index is 14.1. The number of ether oxygens (including phenoxy) is 1. The van der Waals surface area contributed by atoms with Crippen molar-refractivity contribution in [3.63, 3.8) is 0 Å². The number of H-pyrrole nitrogens is 1. The molecule has 0 spiro atoms. The summed E-state index contributed by atoms with van der Waals surface area (Å²) in [4.78, 5) is 71.1. The highest BCUT2D eigenvalue weighted by Crippen LogP contribution is 2.36. The lowest BCUT2D eigenvalue weighted by atomic mass is 9.79. The highest BCUT2D eigenvalue weighted by molar-refractivity contribution is 6.10. The summed E-state index contributed by atoms with van der Waals surface area (Å²) in [5.41, 5.74) is -3.29. The molecule has 0 aliphatic carbocycles. The molecule has 3 aromatic rings. The number of hydrogen-bond donors (Lipinski definition) is 3. The van der Waals surface area contributed by atoms with E-state index in [-0.39, 0.29) is 38.1 Å². The third kappa shape index (κ3) is 6.98. The van der Waals surface area contributed by atoms with Gasteiger partial charge in [-0.1, -0.05) is 50.2 Å². The Kier molecular flexibility index (Phi) is 10.2. The number of Topliss-reactive ketones (excluding diaryl/α,β-unsaturated/α-hetero) is 1. The van der Waals surface area contributed by atoms with Crippen LogP contribution in [0.1, 0.15) is 44.4 Å². The summed E-state index contributed by atoms with van der Waals surface area (Å²) in [6.45, 7) is 3.19. The average Bonchev–Trinajstić information content (AvgIpc) is 3.74. The van der Waals surface area contributed by atoms with Crippen LogP contribution in [-0.4, -0.2) is 71.7 Å². The number of anilines is 1. The Balaban J connectivity index is 1.65. The van der Waals surface area contributed by atoms with Crippen molar-refractivity contribution >= 4 is 34.7 Å². The lowest BCUT2D eigenvalue weighted by molar-refractivity contribution is -0.421. The summed E-state index contributed by atoms with van der Waals surface area (Å²) < 4.78 is 5.40. The Hall–Kier alpha value is -5.18. The van der Waals surface area contributed by atoms with Gasteiger partial charge >= 0.3 is 17.3 Å². The fourth-order valence-corrected chi connectivity index (χ4v) is 5.42. The minimum atomic E-state index is -2.55. The molecule has 0 bridgehead atoms. The molecule has 1 aromatic heterocycles. The fraction of sp³-hybridized carbons (Fsp3) is 0.400. The van der Waals surface area contributed by atoms with E-state index in [1.54, 1.807) is 44.2 Å². The number of nitro benzene ring substituents is 2. The summed E-state index contributed by atoms with van der Waals surface area (Å²) in [5.74, 6) is -3.52. The van der Waals surface area contributed by atoms with Gasteiger partial charge in [0.1, 0.15) is 18.3 Å². The van der Waals surface area contributed by atoms with Crippen LogP contribution < -0.4 is 5.32 Å². The zero-order valence-electron chi connectivity index (χ0n) is 24.8. The first-order chi connectivity index (χ1) is 21.5. The van der Waals surface area contributed by atoms with Crippen LogP contribution in [0.4, 0.5) is 17.1 Å². The molecule has 0 radical (unpaired) electrons. The second kappa shape index (κ2) is 14.1. The number of hydrogen-bond acceptors (Lipinski definition) is 11. The van der Waals surface area contributed by atoms with Crippen molar-refractivity contribution in [2.75, 3.05) is 11.9 Å². The molecule has 2 unspecified atom stereocenters. The number of benzene rings is 2. The van der Waals surface area contributed by atoms with Crippen molar-refractivity contribution in [2.45, 2.75) is 63.8 Å². The maximum absolute atomic E-state index is 14.1. The predicted octanol–water partition coefficient (Wildman–Crippen LogP) is 3.33. The van der Waals surface area contributed by atoms with Crippen LogP contribution in [0.2, 0.25) is 0 Å². The molecule has 1 aliphatic heterocycles. The quantitative estimate of drug-likeness (QED) is 0.103. The molecule has 1 amide bonds. The van der Waals surface area contributed by atoms with Gasteiger partial charge < -0.3 is 25.0 Å². The first kappa shape index (κ1) is 32.7. The number of aromatic nitrogens is 2. The molecule has 15 nitrogen and oxygen atoms in total. The summed E-state index contributed by atoms with van der Waals surface area (Å²) in [6, 6.07) is 9.79. The molecule has 2 aromatic carbocycles. The van der Waals surface area contributed by atoms with E-state index in [1.165, 1.54) is 29.6 Å². The van der Waals surface area contributed by atoms with Gasteiger partial charge in [0, 0.05) is 36.8 Å². The van der Waals surface area contributed by atoms with E-state index >= 15 is 0 Å². The van der Waals surface area contributed by atoms with Gasteiger partial charge in [-0.2, -0.15) is 0 Å². The van der Waals surface area contributed by atoms with Gasteiger partial charge in [-0.3, -0.25) is 29.8 Å². The number of nitrogens with zero attached hydrogens (tertiary/aromatic N) is 4. The van der Waals surface area contributed by atoms with Crippen molar-refractivity contribution in [3.05, 3.63) is 92.5 Å². The molecule has 3 N–H and O–H groups in total. The molecule has 4 rings (SSSR count). The van der Waals surface area contributed by atoms with Crippen molar-refractivity contribution in [3.8, 4) is 0 Å². The van der Waals surface area contributed by atoms with E-state index in [0.717, 1.165) is 6.07 Å². The molecule has 238 valence electrons. The first-order valence-electron chi connectivity index (χ1n) is 14.4. The number of nitrogens with one attached hydrogen (secondary N) is 2. The lowest BCUT2D eigenvalue weighted by Gasteiger charge is -2.35. The molecule has 1 fully saturated rings. The molecule has 2 heterocycles. The molecule has 4 atom stereocenters. The predicted molar refractivity (Wildman–Crippen MR) is 160 cm³/mol. The van der Waals surface area contributed by atoms with Gasteiger partial charge in [0.15, 0.2) is 5.78 Å². The first-order valence-corrected chi connectivity index (χ1v) is 14.4. The largest absolute Gasteiger partial charge is 0.458 e. The number of para-hydroxylation sites is 1. The SMILES string of the molecule is CCC(C)C(O)(C(=O)OCc1ccccc1)C(=O)[C@@H]1CCCN1C(=O)[C@H](Cc1cnc[nH]1)Nc1cccc([N+](=O)[O-])c1[N+](=O)[O-]. The second-order valence-electron chi connectivity index (χ2n) is 10.9. The van der Waals surface area contributed by atoms with E-state index in [2.05, 4.69) is 15.3 Å². The minimum absolute atomic E-state index is 0.0785. The number of amides is 1. The van der Waals surface area contributed by atoms with Gasteiger partial charge in [0.2, 0.25) is 11.5 Å². The van der Waals surface area contributed by atoms with Gasteiger partial charge in [0.05, 0.1) is 22.2 Å². The Labute approximate surface area is 257 Å². The number of rotatable bonds is 14. The van der Waals surface area contributed by atoms with Crippen LogP contribution in [0.3, 0.4) is 0 Å². The van der Waals surface area contributed by atoms with Gasteiger partial charge in [-0.15, -0.1) is 0 Å². The molecular formula is C30H34N6O9. The standard InChI is InChI=1S/C30H34N6O9/c1-3-19(2)30(40,29(39)45-17-20-9-5-4-6-10-20)27(37)25-13-8-14-34(25)28(38)23(15-21-16-31-18-32-21)33-22-11-7-12-24(35(41)42)26(22)36(43)44/h4-7,9-12,16,18-19,23,25,33,40H,3,8,13-15,17H2,1-2H3,(H,31,32)/t19?,23-,25-,30?/m0/s1. The lowest BCUT2D eigenvalue weighted by Crippen LogP contribution is -2.60. The third-order valence-corrected chi connectivity index (χ3v) is 8.06. The molecule has 0 saturated carbocycles. The topological polar surface area (TPSA) is 211 Å². The van der Waals surface area contributed by atoms with Crippen LogP contribution in [0, 0.1) is 26.1 Å². The van der Waals surface area contributed by atoms with Crippen molar-refractivity contribution in [1.82, 2.24) is 14.9 Å². The second-order valence-corrected chi connectivity index (χ2v) is 10.9. The van der Waals surface area contributed by atoms with Crippen molar-refractivity contribution in [1.29, 1.82) is 0 Å². The van der Waals surface area contributed by atoms with E-state index in [1.807, 2.05) is 0 Å². The van der Waals surface area contributed by atoms with E-state index in [9.17, 15) is 39.7 Å². The van der Waals surface area contributed by atoms with Crippen molar-refractivity contribution < 1.29 is 34.1 Å². The summed E-state index contributed by atoms with van der Waals surface area (Å²) >= 11 is 0. The zero-order chi connectivity index (χ0) is 32.7. The molecule has 45 heavy (non-hydrogen) atoms. The smallest absolute Gasteiger partial charge is 0.368 e. The number of imidazole rings is 1. The molecule has 15 heteroatoms. The van der Waals surface area contributed by atoms with E-state index in [4.69, 9.17) is 4.74 Å². The number of carbonyl (C=O) groups is 3. The molecule has 1 aliphatic rings. The monoisotopic (exact) mass is 622 g/mol. The highest BCUT2D eigenvalue weighted by atomic mass is 16.6. The summed E-state index contributed by atoms with van der Waals surface area (Å²) in [6.07, 6.45) is 3.53. The zero-order valence-corrected chi connectivity index (χ0v) is 24.8. The number of carbonyl (C=O) groups excluding carboxylic acids is 3. The Morgan fingerprint density at radius 2 is 1.89 bits per heavy atom. The maximum Gasteiger partial charge on any atom is 0.368 e. The Bertz CT molecular complexity index is 1550. The number of aliphatic hydroxyl groups is 1. The molecular weight excluding hydrogens is 588 g/mol. The van der Waals surface area contributed by atoms with Crippen LogP contribution in [0.5, 0.6) is 0 Å². The van der Waals surface area contributed by atoms with Crippen LogP contribution in [0.25, 0.3) is 0 Å². The normalized spacial score (nSPS) is 17.1. The summed E-state index contributed by atoms with van der Waals surface area (Å²) in [7, 11) is 0. The van der Waals surface area contributed by atoms with Gasteiger partial charge in [0.25, 0.3) is 0 Å². The Morgan fingerprint density at radius 3 is 2.51 bits per heavy atom. The van der Waals surface area contributed by atoms with Gasteiger partial charge in [-0.25, -0.2) is 9.78 Å². The minimum Gasteiger partial charge on any atom is -0.458 e. The number of likely N-dealkylation sites (tertiary alicyclic amines) is 1. The van der Waals surface area contributed by atoms with E-state index in [0.29, 0.717) is 17.7 Å². The third-order valence-electron chi connectivity index (χ3n) is 8.06. The van der Waals surface area contributed by atoms with Crippen LogP contribution in [-0.2, 0) is 32.1 Å². The van der Waals surface area contributed by atoms with Crippen LogP contribution >= 0.6 is 0 Å².